The van der Waals surface area contributed by atoms with Crippen molar-refractivity contribution >= 4 is 50.0 Å². The van der Waals surface area contributed by atoms with E-state index in [0.717, 1.165) is 34.9 Å². The van der Waals surface area contributed by atoms with Crippen LogP contribution in [-0.4, -0.2) is 0 Å². The lowest BCUT2D eigenvalue weighted by Crippen LogP contribution is -2.17. The third-order valence-electron chi connectivity index (χ3n) is 12.6. The molecule has 64 heavy (non-hydrogen) atoms. The van der Waals surface area contributed by atoms with E-state index in [1.807, 2.05) is 0 Å². The normalized spacial score (nSPS) is 13.4. The van der Waals surface area contributed by atoms with Crippen molar-refractivity contribution in [2.24, 2.45) is 0 Å². The first kappa shape index (κ1) is 38.7. The molecule has 2 heteroatoms. The number of benzene rings is 10. The molecule has 10 aromatic carbocycles. The van der Waals surface area contributed by atoms with Crippen LogP contribution in [0.15, 0.2) is 267 Å². The second-order valence-electron chi connectivity index (χ2n) is 16.4. The molecule has 0 aromatic heterocycles. The molecule has 10 aromatic rings. The molecule has 0 amide bonds. The average Bonchev–Trinajstić information content (AvgIpc) is 3.38. The molecule has 0 fully saturated rings. The van der Waals surface area contributed by atoms with Crippen LogP contribution in [0.4, 0.5) is 28.4 Å². The minimum absolute atomic E-state index is 0.347. The zero-order valence-corrected chi connectivity index (χ0v) is 35.5. The maximum atomic E-state index is 2.42. The summed E-state index contributed by atoms with van der Waals surface area (Å²) in [5, 5.41) is 4.83. The van der Waals surface area contributed by atoms with Crippen molar-refractivity contribution < 1.29 is 0 Å². The molecular formula is C62H46N2. The number of allylic oxidation sites excluding steroid dienone is 3. The molecule has 0 saturated heterocycles. The molecule has 1 atom stereocenters. The van der Waals surface area contributed by atoms with Gasteiger partial charge in [-0.1, -0.05) is 194 Å². The van der Waals surface area contributed by atoms with E-state index in [4.69, 9.17) is 0 Å². The summed E-state index contributed by atoms with van der Waals surface area (Å²) in [4.78, 5) is 4.80. The summed E-state index contributed by atoms with van der Waals surface area (Å²) >= 11 is 0. The van der Waals surface area contributed by atoms with E-state index in [0.29, 0.717) is 5.92 Å². The van der Waals surface area contributed by atoms with Crippen LogP contribution in [-0.2, 0) is 0 Å². The number of fused-ring (bicyclic) bond motifs is 2. The second kappa shape index (κ2) is 17.3. The summed E-state index contributed by atoms with van der Waals surface area (Å²) in [7, 11) is 0. The molecule has 0 spiro atoms. The van der Waals surface area contributed by atoms with Crippen molar-refractivity contribution in [3.63, 3.8) is 0 Å². The molecule has 0 heterocycles. The van der Waals surface area contributed by atoms with Crippen LogP contribution >= 0.6 is 0 Å². The Hall–Kier alpha value is -8.20. The Kier molecular flexibility index (Phi) is 10.5. The van der Waals surface area contributed by atoms with E-state index >= 15 is 0 Å². The van der Waals surface area contributed by atoms with E-state index in [-0.39, 0.29) is 0 Å². The fourth-order valence-corrected chi connectivity index (χ4v) is 9.52. The van der Waals surface area contributed by atoms with Crippen molar-refractivity contribution in [2.75, 3.05) is 9.80 Å². The first-order valence-electron chi connectivity index (χ1n) is 22.2. The smallest absolute Gasteiger partial charge is 0.0468 e. The minimum atomic E-state index is 0.347. The maximum Gasteiger partial charge on any atom is 0.0468 e. The first-order valence-corrected chi connectivity index (χ1v) is 22.2. The molecule has 11 rings (SSSR count). The Morgan fingerprint density at radius 1 is 0.312 bits per heavy atom. The molecule has 0 bridgehead atoms. The summed E-state index contributed by atoms with van der Waals surface area (Å²) in [5.41, 5.74) is 15.3. The van der Waals surface area contributed by atoms with Gasteiger partial charge in [0.05, 0.1) is 0 Å². The lowest BCUT2D eigenvalue weighted by molar-refractivity contribution is 0.840. The van der Waals surface area contributed by atoms with E-state index < -0.39 is 0 Å². The van der Waals surface area contributed by atoms with Crippen LogP contribution in [0.3, 0.4) is 0 Å². The lowest BCUT2D eigenvalue weighted by atomic mass is 9.85. The highest BCUT2D eigenvalue weighted by molar-refractivity contribution is 6.22. The van der Waals surface area contributed by atoms with Gasteiger partial charge in [0.2, 0.25) is 0 Å². The quantitative estimate of drug-likeness (QED) is 0.127. The van der Waals surface area contributed by atoms with Crippen LogP contribution in [0.1, 0.15) is 17.9 Å². The van der Waals surface area contributed by atoms with Crippen molar-refractivity contribution in [3.05, 3.63) is 272 Å². The van der Waals surface area contributed by atoms with Gasteiger partial charge in [0.1, 0.15) is 0 Å². The van der Waals surface area contributed by atoms with Gasteiger partial charge in [-0.3, -0.25) is 0 Å². The SMILES string of the molecule is C1=CC(c2ccccc2)CC=C1N(c1ccccc1)c1ccc2c(-c3ccccc3)c3cc(N(c4ccccc4)c4ccc(-c5ccccc5)cc4)ccc3c(-c3ccccc3)c2c1. The van der Waals surface area contributed by atoms with Gasteiger partial charge in [-0.05, 0) is 134 Å². The summed E-state index contributed by atoms with van der Waals surface area (Å²) in [6, 6.07) is 87.9. The maximum absolute atomic E-state index is 2.42. The third-order valence-corrected chi connectivity index (χ3v) is 12.6. The highest BCUT2D eigenvalue weighted by Gasteiger charge is 2.23. The molecule has 0 aliphatic heterocycles. The Labute approximate surface area is 376 Å². The van der Waals surface area contributed by atoms with Gasteiger partial charge in [-0.15, -0.1) is 0 Å². The van der Waals surface area contributed by atoms with Crippen LogP contribution in [0.25, 0.3) is 54.9 Å². The molecule has 1 aliphatic carbocycles. The lowest BCUT2D eigenvalue weighted by Gasteiger charge is -2.30. The standard InChI is InChI=1S/C62H46N2/c1-7-19-45(20-8-1)47-31-35-53(36-32-47)63(51-27-15-5-16-28-51)55-39-41-57-59(43-55)61(49-23-11-3-12-24-49)58-42-40-56(44-60(58)62(57)50-25-13-4-14-26-50)64(52-29-17-6-18-30-52)54-37-33-48(34-38-54)46-21-9-2-10-22-46/h1-33,35-44,48H,34H2. The highest BCUT2D eigenvalue weighted by Crippen LogP contribution is 2.48. The molecule has 0 N–H and O–H groups in total. The van der Waals surface area contributed by atoms with Crippen LogP contribution in [0.2, 0.25) is 0 Å². The number of hydrogen-bond donors (Lipinski definition) is 0. The average molecular weight is 819 g/mol. The number of nitrogens with zero attached hydrogens (tertiary/aromatic N) is 2. The zero-order valence-electron chi connectivity index (χ0n) is 35.5. The largest absolute Gasteiger partial charge is 0.311 e. The predicted molar refractivity (Wildman–Crippen MR) is 272 cm³/mol. The number of hydrogen-bond acceptors (Lipinski definition) is 2. The highest BCUT2D eigenvalue weighted by atomic mass is 15.1. The van der Waals surface area contributed by atoms with E-state index in [1.165, 1.54) is 66.2 Å². The zero-order chi connectivity index (χ0) is 42.7. The molecular weight excluding hydrogens is 773 g/mol. The molecule has 304 valence electrons. The van der Waals surface area contributed by atoms with Gasteiger partial charge in [0.25, 0.3) is 0 Å². The van der Waals surface area contributed by atoms with Gasteiger partial charge in [-0.2, -0.15) is 0 Å². The van der Waals surface area contributed by atoms with E-state index in [9.17, 15) is 0 Å². The first-order chi connectivity index (χ1) is 31.8. The fourth-order valence-electron chi connectivity index (χ4n) is 9.52. The van der Waals surface area contributed by atoms with Crippen molar-refractivity contribution in [2.45, 2.75) is 12.3 Å². The summed E-state index contributed by atoms with van der Waals surface area (Å²) in [6.45, 7) is 0. The van der Waals surface area contributed by atoms with Gasteiger partial charge < -0.3 is 9.80 Å². The van der Waals surface area contributed by atoms with Crippen LogP contribution < -0.4 is 9.80 Å². The monoisotopic (exact) mass is 818 g/mol. The van der Waals surface area contributed by atoms with Gasteiger partial charge in [0, 0.05) is 40.1 Å². The van der Waals surface area contributed by atoms with E-state index in [1.54, 1.807) is 0 Å². The summed E-state index contributed by atoms with van der Waals surface area (Å²) in [5.74, 6) is 0.347. The van der Waals surface area contributed by atoms with Gasteiger partial charge in [-0.25, -0.2) is 0 Å². The van der Waals surface area contributed by atoms with E-state index in [2.05, 4.69) is 271 Å². The Bertz CT molecular complexity index is 3250. The van der Waals surface area contributed by atoms with Crippen LogP contribution in [0, 0.1) is 0 Å². The molecule has 0 radical (unpaired) electrons. The molecule has 1 unspecified atom stereocenters. The van der Waals surface area contributed by atoms with Crippen molar-refractivity contribution in [3.8, 4) is 33.4 Å². The summed E-state index contributed by atoms with van der Waals surface area (Å²) in [6.07, 6.45) is 8.01. The van der Waals surface area contributed by atoms with Gasteiger partial charge >= 0.3 is 0 Å². The molecule has 0 saturated carbocycles. The second-order valence-corrected chi connectivity index (χ2v) is 16.4. The fraction of sp³-hybridized carbons (Fsp3) is 0.0323. The Morgan fingerprint density at radius 2 is 0.703 bits per heavy atom. The van der Waals surface area contributed by atoms with Crippen molar-refractivity contribution in [1.82, 2.24) is 0 Å². The topological polar surface area (TPSA) is 6.48 Å². The summed E-state index contributed by atoms with van der Waals surface area (Å²) < 4.78 is 0. The molecule has 1 aliphatic rings. The van der Waals surface area contributed by atoms with Crippen LogP contribution in [0.5, 0.6) is 0 Å². The predicted octanol–water partition coefficient (Wildman–Crippen LogP) is 17.2. The Morgan fingerprint density at radius 3 is 1.19 bits per heavy atom. The third kappa shape index (κ3) is 7.46. The number of anilines is 5. The minimum Gasteiger partial charge on any atom is -0.311 e. The van der Waals surface area contributed by atoms with Crippen molar-refractivity contribution in [1.29, 1.82) is 0 Å². The molecule has 2 nitrogen and oxygen atoms in total. The Balaban J connectivity index is 1.13. The number of para-hydroxylation sites is 2. The number of rotatable bonds is 10. The van der Waals surface area contributed by atoms with Gasteiger partial charge in [0.15, 0.2) is 0 Å².